The molecule has 1 aliphatic carbocycles. The molecule has 3 aliphatic rings. The number of ether oxygens (including phenoxy) is 1. The molecular weight excluding hydrogens is 342 g/mol. The molecule has 1 amide bonds. The SMILES string of the molecule is O=C(Nc1cccnc1)[C@@H]1CO[C@@H]2CCN(S(=O)(=O)C3CC3)C[C@@H]2C1. The molecular formula is C17H23N3O4S. The Morgan fingerprint density at radius 1 is 1.32 bits per heavy atom. The van der Waals surface area contributed by atoms with Crippen LogP contribution in [0, 0.1) is 11.8 Å². The van der Waals surface area contributed by atoms with Crippen molar-refractivity contribution in [2.75, 3.05) is 25.0 Å². The van der Waals surface area contributed by atoms with Crippen molar-refractivity contribution >= 4 is 21.6 Å². The Bertz CT molecular complexity index is 736. The molecule has 4 rings (SSSR count). The maximum absolute atomic E-state index is 12.5. The lowest BCUT2D eigenvalue weighted by Gasteiger charge is -2.42. The van der Waals surface area contributed by atoms with E-state index in [9.17, 15) is 13.2 Å². The van der Waals surface area contributed by atoms with Gasteiger partial charge < -0.3 is 10.1 Å². The highest BCUT2D eigenvalue weighted by molar-refractivity contribution is 7.90. The van der Waals surface area contributed by atoms with Crippen LogP contribution in [0.2, 0.25) is 0 Å². The number of aromatic nitrogens is 1. The third-order valence-electron chi connectivity index (χ3n) is 5.33. The highest BCUT2D eigenvalue weighted by Crippen LogP contribution is 2.37. The van der Waals surface area contributed by atoms with Crippen LogP contribution < -0.4 is 5.32 Å². The van der Waals surface area contributed by atoms with Gasteiger partial charge in [0.05, 0.1) is 35.8 Å². The number of carbonyl (C=O) groups excluding carboxylic acids is 1. The molecule has 0 unspecified atom stereocenters. The van der Waals surface area contributed by atoms with Crippen molar-refractivity contribution in [3.8, 4) is 0 Å². The fourth-order valence-corrected chi connectivity index (χ4v) is 5.68. The highest BCUT2D eigenvalue weighted by atomic mass is 32.2. The molecule has 3 fully saturated rings. The molecule has 0 spiro atoms. The molecule has 1 N–H and O–H groups in total. The predicted molar refractivity (Wildman–Crippen MR) is 92.3 cm³/mol. The average Bonchev–Trinajstić information content (AvgIpc) is 3.47. The standard InChI is InChI=1S/C17H23N3O4S/c21-17(19-14-2-1-6-18-9-14)13-8-12-10-20(7-5-16(12)24-11-13)25(22,23)15-3-4-15/h1-2,6,9,12-13,15-16H,3-5,7-8,10-11H2,(H,19,21)/t12-,13-,16+/m0/s1. The molecule has 1 aromatic rings. The van der Waals surface area contributed by atoms with E-state index < -0.39 is 10.0 Å². The van der Waals surface area contributed by atoms with Gasteiger partial charge >= 0.3 is 0 Å². The van der Waals surface area contributed by atoms with E-state index in [-0.39, 0.29) is 29.1 Å². The first kappa shape index (κ1) is 16.9. The van der Waals surface area contributed by atoms with Crippen molar-refractivity contribution < 1.29 is 17.9 Å². The number of anilines is 1. The van der Waals surface area contributed by atoms with Crippen LogP contribution in [-0.4, -0.2) is 54.7 Å². The van der Waals surface area contributed by atoms with E-state index >= 15 is 0 Å². The first-order chi connectivity index (χ1) is 12.0. The van der Waals surface area contributed by atoms with Gasteiger partial charge in [-0.2, -0.15) is 0 Å². The quantitative estimate of drug-likeness (QED) is 0.867. The molecule has 0 radical (unpaired) electrons. The number of sulfonamides is 1. The van der Waals surface area contributed by atoms with Crippen LogP contribution in [0.5, 0.6) is 0 Å². The smallest absolute Gasteiger partial charge is 0.229 e. The van der Waals surface area contributed by atoms with E-state index in [0.29, 0.717) is 38.2 Å². The number of nitrogens with zero attached hydrogens (tertiary/aromatic N) is 2. The number of hydrogen-bond donors (Lipinski definition) is 1. The maximum atomic E-state index is 12.5. The number of rotatable bonds is 4. The van der Waals surface area contributed by atoms with Gasteiger partial charge in [0.15, 0.2) is 0 Å². The molecule has 8 heteroatoms. The number of piperidine rings is 1. The normalized spacial score (nSPS) is 30.5. The minimum atomic E-state index is -3.16. The Balaban J connectivity index is 1.39. The Kier molecular flexibility index (Phi) is 4.51. The first-order valence-corrected chi connectivity index (χ1v) is 10.4. The zero-order valence-electron chi connectivity index (χ0n) is 14.0. The second kappa shape index (κ2) is 6.66. The van der Waals surface area contributed by atoms with Gasteiger partial charge in [-0.15, -0.1) is 0 Å². The Labute approximate surface area is 147 Å². The van der Waals surface area contributed by atoms with E-state index in [4.69, 9.17) is 4.74 Å². The molecule has 3 heterocycles. The Hall–Kier alpha value is -1.51. The maximum Gasteiger partial charge on any atom is 0.229 e. The van der Waals surface area contributed by atoms with E-state index in [2.05, 4.69) is 10.3 Å². The van der Waals surface area contributed by atoms with Gasteiger partial charge in [0.1, 0.15) is 0 Å². The first-order valence-electron chi connectivity index (χ1n) is 8.85. The number of pyridine rings is 1. The third-order valence-corrected chi connectivity index (χ3v) is 7.70. The van der Waals surface area contributed by atoms with Crippen molar-refractivity contribution in [1.82, 2.24) is 9.29 Å². The van der Waals surface area contributed by atoms with Gasteiger partial charge in [-0.05, 0) is 43.7 Å². The summed E-state index contributed by atoms with van der Waals surface area (Å²) >= 11 is 0. The molecule has 0 aromatic carbocycles. The second-order valence-electron chi connectivity index (χ2n) is 7.19. The van der Waals surface area contributed by atoms with Gasteiger partial charge in [-0.1, -0.05) is 0 Å². The summed E-state index contributed by atoms with van der Waals surface area (Å²) in [6, 6.07) is 3.56. The molecule has 0 bridgehead atoms. The lowest BCUT2D eigenvalue weighted by Crippen LogP contribution is -2.51. The molecule has 7 nitrogen and oxygen atoms in total. The third kappa shape index (κ3) is 3.56. The number of hydrogen-bond acceptors (Lipinski definition) is 5. The van der Waals surface area contributed by atoms with Gasteiger partial charge in [-0.25, -0.2) is 12.7 Å². The molecule has 136 valence electrons. The number of carbonyl (C=O) groups is 1. The zero-order chi connectivity index (χ0) is 17.4. The van der Waals surface area contributed by atoms with Crippen LogP contribution in [0.25, 0.3) is 0 Å². The molecule has 2 saturated heterocycles. The molecule has 1 saturated carbocycles. The summed E-state index contributed by atoms with van der Waals surface area (Å²) in [5, 5.41) is 2.68. The van der Waals surface area contributed by atoms with Crippen LogP contribution in [0.3, 0.4) is 0 Å². The van der Waals surface area contributed by atoms with Gasteiger partial charge in [0.2, 0.25) is 15.9 Å². The second-order valence-corrected chi connectivity index (χ2v) is 9.40. The lowest BCUT2D eigenvalue weighted by atomic mass is 9.84. The van der Waals surface area contributed by atoms with Crippen LogP contribution in [0.4, 0.5) is 5.69 Å². The predicted octanol–water partition coefficient (Wildman–Crippen LogP) is 1.24. The summed E-state index contributed by atoms with van der Waals surface area (Å²) in [5.74, 6) is -0.265. The van der Waals surface area contributed by atoms with Crippen LogP contribution >= 0.6 is 0 Å². The minimum Gasteiger partial charge on any atom is -0.377 e. The highest BCUT2D eigenvalue weighted by Gasteiger charge is 2.45. The van der Waals surface area contributed by atoms with Crippen molar-refractivity contribution in [1.29, 1.82) is 0 Å². The summed E-state index contributed by atoms with van der Waals surface area (Å²) in [7, 11) is -3.16. The Morgan fingerprint density at radius 3 is 2.88 bits per heavy atom. The molecule has 2 aliphatic heterocycles. The van der Waals surface area contributed by atoms with Crippen LogP contribution in [0.1, 0.15) is 25.7 Å². The Morgan fingerprint density at radius 2 is 2.16 bits per heavy atom. The van der Waals surface area contributed by atoms with E-state index in [1.807, 2.05) is 0 Å². The van der Waals surface area contributed by atoms with Gasteiger partial charge in [0, 0.05) is 19.3 Å². The molecule has 3 atom stereocenters. The average molecular weight is 365 g/mol. The minimum absolute atomic E-state index is 0.0631. The van der Waals surface area contributed by atoms with Crippen molar-refractivity contribution in [3.05, 3.63) is 24.5 Å². The van der Waals surface area contributed by atoms with Crippen molar-refractivity contribution in [2.45, 2.75) is 37.0 Å². The number of amides is 1. The van der Waals surface area contributed by atoms with Crippen LogP contribution in [-0.2, 0) is 19.6 Å². The molecule has 1 aromatic heterocycles. The van der Waals surface area contributed by atoms with Crippen LogP contribution in [0.15, 0.2) is 24.5 Å². The topological polar surface area (TPSA) is 88.6 Å². The number of fused-ring (bicyclic) bond motifs is 1. The lowest BCUT2D eigenvalue weighted by molar-refractivity contribution is -0.132. The summed E-state index contributed by atoms with van der Waals surface area (Å²) in [5.41, 5.74) is 0.663. The van der Waals surface area contributed by atoms with Crippen molar-refractivity contribution in [2.24, 2.45) is 11.8 Å². The van der Waals surface area contributed by atoms with E-state index in [0.717, 1.165) is 12.8 Å². The van der Waals surface area contributed by atoms with Gasteiger partial charge in [0.25, 0.3) is 0 Å². The summed E-state index contributed by atoms with van der Waals surface area (Å²) in [4.78, 5) is 16.5. The molecule has 25 heavy (non-hydrogen) atoms. The van der Waals surface area contributed by atoms with Crippen molar-refractivity contribution in [3.63, 3.8) is 0 Å². The summed E-state index contributed by atoms with van der Waals surface area (Å²) in [6.45, 7) is 1.40. The fourth-order valence-electron chi connectivity index (χ4n) is 3.77. The summed E-state index contributed by atoms with van der Waals surface area (Å²) in [6.07, 6.45) is 6.25. The summed E-state index contributed by atoms with van der Waals surface area (Å²) < 4.78 is 32.5. The van der Waals surface area contributed by atoms with E-state index in [1.165, 1.54) is 0 Å². The largest absolute Gasteiger partial charge is 0.377 e. The van der Waals surface area contributed by atoms with E-state index in [1.54, 1.807) is 28.8 Å². The van der Waals surface area contributed by atoms with Gasteiger partial charge in [-0.3, -0.25) is 9.78 Å². The monoisotopic (exact) mass is 365 g/mol. The zero-order valence-corrected chi connectivity index (χ0v) is 14.8. The fraction of sp³-hybridized carbons (Fsp3) is 0.647. The number of nitrogens with one attached hydrogen (secondary N) is 1.